The maximum absolute atomic E-state index is 5.91. The van der Waals surface area contributed by atoms with Crippen molar-refractivity contribution in [1.82, 2.24) is 0 Å². The van der Waals surface area contributed by atoms with Crippen LogP contribution >= 0.6 is 0 Å². The third kappa shape index (κ3) is 5.01. The highest BCUT2D eigenvalue weighted by Crippen LogP contribution is 2.40. The Bertz CT molecular complexity index is 184. The number of hydrogen-bond acceptors (Lipinski definition) is 1. The second kappa shape index (κ2) is 4.86. The molecular formula is C14H30O. The SMILES string of the molecule is CCC(C)(C)OCCC(C)(C)C(C)(C)C. The van der Waals surface area contributed by atoms with E-state index in [9.17, 15) is 0 Å². The Labute approximate surface area is 96.6 Å². The van der Waals surface area contributed by atoms with Gasteiger partial charge in [-0.15, -0.1) is 0 Å². The summed E-state index contributed by atoms with van der Waals surface area (Å²) in [6.45, 7) is 18.9. The summed E-state index contributed by atoms with van der Waals surface area (Å²) in [5.41, 5.74) is 0.706. The van der Waals surface area contributed by atoms with Crippen molar-refractivity contribution >= 4 is 0 Å². The predicted octanol–water partition coefficient (Wildman–Crippen LogP) is 4.65. The van der Waals surface area contributed by atoms with Crippen LogP contribution in [0.4, 0.5) is 0 Å². The Morgan fingerprint density at radius 3 is 1.67 bits per heavy atom. The molecule has 0 aliphatic heterocycles. The summed E-state index contributed by atoms with van der Waals surface area (Å²) in [6, 6.07) is 0. The van der Waals surface area contributed by atoms with Crippen LogP contribution in [0.25, 0.3) is 0 Å². The molecule has 0 aliphatic carbocycles. The largest absolute Gasteiger partial charge is 0.376 e. The van der Waals surface area contributed by atoms with Crippen molar-refractivity contribution in [2.75, 3.05) is 6.61 Å². The standard InChI is InChI=1S/C14H30O/c1-9-14(7,8)15-11-10-13(5,6)12(2,3)4/h9-11H2,1-8H3. The molecule has 0 saturated carbocycles. The van der Waals surface area contributed by atoms with E-state index in [1.54, 1.807) is 0 Å². The van der Waals surface area contributed by atoms with E-state index in [1.165, 1.54) is 0 Å². The molecule has 0 amide bonds. The van der Waals surface area contributed by atoms with E-state index in [0.29, 0.717) is 10.8 Å². The lowest BCUT2D eigenvalue weighted by Crippen LogP contribution is -2.33. The molecule has 0 aromatic heterocycles. The summed E-state index contributed by atoms with van der Waals surface area (Å²) in [5.74, 6) is 0. The van der Waals surface area contributed by atoms with Crippen LogP contribution in [-0.2, 0) is 4.74 Å². The third-order valence-electron chi connectivity index (χ3n) is 4.10. The predicted molar refractivity (Wildman–Crippen MR) is 68.2 cm³/mol. The molecule has 0 atom stereocenters. The fourth-order valence-electron chi connectivity index (χ4n) is 1.06. The summed E-state index contributed by atoms with van der Waals surface area (Å²) in [4.78, 5) is 0. The van der Waals surface area contributed by atoms with Gasteiger partial charge in [-0.05, 0) is 37.5 Å². The van der Waals surface area contributed by atoms with Crippen molar-refractivity contribution in [3.63, 3.8) is 0 Å². The lowest BCUT2D eigenvalue weighted by molar-refractivity contribution is -0.0426. The summed E-state index contributed by atoms with van der Waals surface area (Å²) >= 11 is 0. The van der Waals surface area contributed by atoms with Crippen molar-refractivity contribution in [1.29, 1.82) is 0 Å². The molecule has 0 unspecified atom stereocenters. The van der Waals surface area contributed by atoms with E-state index < -0.39 is 0 Å². The van der Waals surface area contributed by atoms with Gasteiger partial charge in [0.1, 0.15) is 0 Å². The highest BCUT2D eigenvalue weighted by Gasteiger charge is 2.32. The third-order valence-corrected chi connectivity index (χ3v) is 4.10. The van der Waals surface area contributed by atoms with Gasteiger partial charge in [0.25, 0.3) is 0 Å². The topological polar surface area (TPSA) is 9.23 Å². The zero-order valence-electron chi connectivity index (χ0n) is 12.0. The fraction of sp³-hybridized carbons (Fsp3) is 1.00. The summed E-state index contributed by atoms with van der Waals surface area (Å²) < 4.78 is 5.91. The minimum atomic E-state index is 0.0357. The van der Waals surface area contributed by atoms with Gasteiger partial charge in [-0.25, -0.2) is 0 Å². The Kier molecular flexibility index (Phi) is 4.85. The van der Waals surface area contributed by atoms with Gasteiger partial charge in [0.2, 0.25) is 0 Å². The highest BCUT2D eigenvalue weighted by atomic mass is 16.5. The first-order valence-electron chi connectivity index (χ1n) is 6.16. The van der Waals surface area contributed by atoms with E-state index in [0.717, 1.165) is 19.4 Å². The molecule has 0 radical (unpaired) electrons. The smallest absolute Gasteiger partial charge is 0.0623 e. The fourth-order valence-corrected chi connectivity index (χ4v) is 1.06. The van der Waals surface area contributed by atoms with Crippen LogP contribution in [0.5, 0.6) is 0 Å². The van der Waals surface area contributed by atoms with Crippen molar-refractivity contribution in [3.05, 3.63) is 0 Å². The minimum Gasteiger partial charge on any atom is -0.376 e. The van der Waals surface area contributed by atoms with E-state index in [4.69, 9.17) is 4.74 Å². The quantitative estimate of drug-likeness (QED) is 0.647. The second-order valence-electron chi connectivity index (χ2n) is 6.85. The van der Waals surface area contributed by atoms with Crippen molar-refractivity contribution in [2.24, 2.45) is 10.8 Å². The molecule has 1 nitrogen and oxygen atoms in total. The molecule has 92 valence electrons. The zero-order valence-corrected chi connectivity index (χ0v) is 12.0. The molecule has 1 heteroatoms. The highest BCUT2D eigenvalue weighted by molar-refractivity contribution is 4.82. The Morgan fingerprint density at radius 1 is 0.867 bits per heavy atom. The van der Waals surface area contributed by atoms with Crippen molar-refractivity contribution in [2.45, 2.75) is 73.8 Å². The van der Waals surface area contributed by atoms with E-state index >= 15 is 0 Å². The van der Waals surface area contributed by atoms with Crippen LogP contribution in [0.2, 0.25) is 0 Å². The van der Waals surface area contributed by atoms with Gasteiger partial charge in [0, 0.05) is 6.61 Å². The van der Waals surface area contributed by atoms with Gasteiger partial charge in [0.05, 0.1) is 5.60 Å². The first kappa shape index (κ1) is 15.0. The van der Waals surface area contributed by atoms with Crippen LogP contribution < -0.4 is 0 Å². The van der Waals surface area contributed by atoms with Crippen LogP contribution in [0.3, 0.4) is 0 Å². The summed E-state index contributed by atoms with van der Waals surface area (Å²) in [5, 5.41) is 0. The molecular weight excluding hydrogens is 184 g/mol. The molecule has 0 spiro atoms. The van der Waals surface area contributed by atoms with Crippen LogP contribution in [0, 0.1) is 10.8 Å². The van der Waals surface area contributed by atoms with E-state index in [1.807, 2.05) is 0 Å². The van der Waals surface area contributed by atoms with E-state index in [-0.39, 0.29) is 5.60 Å². The molecule has 0 aliphatic rings. The van der Waals surface area contributed by atoms with Crippen LogP contribution in [0.1, 0.15) is 68.2 Å². The Balaban J connectivity index is 4.07. The lowest BCUT2D eigenvalue weighted by atomic mass is 9.67. The molecule has 0 bridgehead atoms. The maximum atomic E-state index is 5.91. The minimum absolute atomic E-state index is 0.0357. The normalized spacial score (nSPS) is 14.4. The first-order chi connectivity index (χ1) is 6.52. The van der Waals surface area contributed by atoms with Gasteiger partial charge in [-0.1, -0.05) is 41.5 Å². The summed E-state index contributed by atoms with van der Waals surface area (Å²) in [7, 11) is 0. The molecule has 0 rings (SSSR count). The molecule has 0 aromatic carbocycles. The molecule has 0 saturated heterocycles. The lowest BCUT2D eigenvalue weighted by Gasteiger charge is -2.39. The first-order valence-corrected chi connectivity index (χ1v) is 6.16. The Hall–Kier alpha value is -0.0400. The molecule has 0 heterocycles. The molecule has 0 fully saturated rings. The number of ether oxygens (including phenoxy) is 1. The monoisotopic (exact) mass is 214 g/mol. The molecule has 0 N–H and O–H groups in total. The summed E-state index contributed by atoms with van der Waals surface area (Å²) in [6.07, 6.45) is 2.20. The zero-order chi connectivity index (χ0) is 12.3. The van der Waals surface area contributed by atoms with Gasteiger partial charge in [-0.3, -0.25) is 0 Å². The Morgan fingerprint density at radius 2 is 1.33 bits per heavy atom. The van der Waals surface area contributed by atoms with Crippen molar-refractivity contribution < 1.29 is 4.74 Å². The van der Waals surface area contributed by atoms with Gasteiger partial charge in [-0.2, -0.15) is 0 Å². The second-order valence-corrected chi connectivity index (χ2v) is 6.85. The van der Waals surface area contributed by atoms with Crippen molar-refractivity contribution in [3.8, 4) is 0 Å². The van der Waals surface area contributed by atoms with E-state index in [2.05, 4.69) is 55.4 Å². The number of rotatable bonds is 5. The van der Waals surface area contributed by atoms with Gasteiger partial charge in [0.15, 0.2) is 0 Å². The van der Waals surface area contributed by atoms with Gasteiger partial charge >= 0.3 is 0 Å². The molecule has 0 aromatic rings. The average Bonchev–Trinajstić information content (AvgIpc) is 2.01. The van der Waals surface area contributed by atoms with Gasteiger partial charge < -0.3 is 4.74 Å². The van der Waals surface area contributed by atoms with Crippen LogP contribution in [0.15, 0.2) is 0 Å². The molecule has 15 heavy (non-hydrogen) atoms. The average molecular weight is 214 g/mol. The number of hydrogen-bond donors (Lipinski definition) is 0. The van der Waals surface area contributed by atoms with Crippen LogP contribution in [-0.4, -0.2) is 12.2 Å². The maximum Gasteiger partial charge on any atom is 0.0623 e.